The number of carbonyl (C=O) groups excluding carboxylic acids is 1. The van der Waals surface area contributed by atoms with Crippen LogP contribution in [-0.4, -0.2) is 35.5 Å². The topological polar surface area (TPSA) is 259 Å². The standard InChI is InChI=1S/C39H32N10O6S/c1-22-5-3-4-6-31(22)46-45-28-15-17-32(23(2)19-28)47-49-38-36(40)33(21-35(37(38)41)56(53,54)55)48-43-27-13-9-25(10-14-27)24-7-11-26(12-8-24)42-44-29-16-18-34(50)30(20-29)39(51)52/h3-21,42H,40-41H2,1-2H3,(H,51,52)(H,53,54,55)/b44-29-,46-45?,48-43?,49-47?. The van der Waals surface area contributed by atoms with Crippen LogP contribution in [0.5, 0.6) is 0 Å². The van der Waals surface area contributed by atoms with Gasteiger partial charge >= 0.3 is 5.97 Å². The summed E-state index contributed by atoms with van der Waals surface area (Å²) in [5, 5.41) is 38.6. The number of azo groups is 3. The van der Waals surface area contributed by atoms with Gasteiger partial charge in [-0.2, -0.15) is 34.0 Å². The average molecular weight is 769 g/mol. The molecule has 17 heteroatoms. The van der Waals surface area contributed by atoms with Crippen molar-refractivity contribution in [2.24, 2.45) is 35.8 Å². The normalized spacial score (nSPS) is 13.9. The first-order chi connectivity index (χ1) is 26.8. The highest BCUT2D eigenvalue weighted by Crippen LogP contribution is 2.43. The molecule has 7 N–H and O–H groups in total. The Bertz CT molecular complexity index is 2670. The number of aliphatic carboxylic acids is 1. The number of ketones is 1. The van der Waals surface area contributed by atoms with E-state index in [1.807, 2.05) is 43.3 Å². The number of nitrogens with one attached hydrogen (secondary N) is 1. The Morgan fingerprint density at radius 3 is 1.95 bits per heavy atom. The number of rotatable bonds is 11. The van der Waals surface area contributed by atoms with Crippen molar-refractivity contribution in [3.05, 3.63) is 132 Å². The van der Waals surface area contributed by atoms with Crippen molar-refractivity contribution >= 4 is 78.8 Å². The molecule has 56 heavy (non-hydrogen) atoms. The van der Waals surface area contributed by atoms with E-state index in [1.54, 1.807) is 61.5 Å². The number of benzene rings is 5. The van der Waals surface area contributed by atoms with Gasteiger partial charge in [-0.25, -0.2) is 4.79 Å². The van der Waals surface area contributed by atoms with E-state index in [4.69, 9.17) is 16.6 Å². The smallest absolute Gasteiger partial charge is 0.339 e. The van der Waals surface area contributed by atoms with Crippen molar-refractivity contribution < 1.29 is 27.7 Å². The first-order valence-corrected chi connectivity index (χ1v) is 18.0. The molecule has 1 aliphatic carbocycles. The molecule has 0 radical (unpaired) electrons. The number of allylic oxidation sites excluding steroid dienone is 3. The minimum Gasteiger partial charge on any atom is -0.478 e. The molecule has 0 amide bonds. The van der Waals surface area contributed by atoms with Gasteiger partial charge in [-0.05, 0) is 109 Å². The van der Waals surface area contributed by atoms with Crippen molar-refractivity contribution in [1.29, 1.82) is 0 Å². The Labute approximate surface area is 320 Å². The van der Waals surface area contributed by atoms with Crippen LogP contribution in [0.25, 0.3) is 11.1 Å². The summed E-state index contributed by atoms with van der Waals surface area (Å²) in [6, 6.07) is 27.9. The number of hydrogen-bond donors (Lipinski definition) is 5. The van der Waals surface area contributed by atoms with E-state index in [9.17, 15) is 22.6 Å². The molecule has 5 aromatic carbocycles. The highest BCUT2D eigenvalue weighted by Gasteiger charge is 2.23. The number of aryl methyl sites for hydroxylation is 2. The number of anilines is 3. The SMILES string of the molecule is Cc1ccccc1N=Nc1ccc(N=Nc2c(N)c(N=Nc3ccc(-c4ccc(N/N=C5/C=CC(=O)C(C(=O)O)=C5)cc4)cc3)cc(S(=O)(=O)O)c2N)c(C)c1. The fourth-order valence-electron chi connectivity index (χ4n) is 5.22. The van der Waals surface area contributed by atoms with Crippen LogP contribution >= 0.6 is 0 Å². The van der Waals surface area contributed by atoms with Gasteiger partial charge in [0.1, 0.15) is 21.8 Å². The van der Waals surface area contributed by atoms with Crippen molar-refractivity contribution in [2.75, 3.05) is 16.9 Å². The molecule has 5 aromatic rings. The van der Waals surface area contributed by atoms with E-state index in [0.717, 1.165) is 34.5 Å². The minimum absolute atomic E-state index is 0.120. The van der Waals surface area contributed by atoms with Crippen molar-refractivity contribution in [3.63, 3.8) is 0 Å². The maximum absolute atomic E-state index is 12.3. The number of carboxylic acids is 1. The number of nitrogens with two attached hydrogens (primary N) is 2. The number of carbonyl (C=O) groups is 2. The van der Waals surface area contributed by atoms with Gasteiger partial charge in [-0.15, -0.1) is 10.2 Å². The Morgan fingerprint density at radius 2 is 1.29 bits per heavy atom. The van der Waals surface area contributed by atoms with Gasteiger partial charge in [0.05, 0.1) is 45.5 Å². The Balaban J connectivity index is 1.18. The molecule has 0 saturated heterocycles. The summed E-state index contributed by atoms with van der Waals surface area (Å²) in [4.78, 5) is 22.3. The summed E-state index contributed by atoms with van der Waals surface area (Å²) in [6.07, 6.45) is 3.75. The van der Waals surface area contributed by atoms with Crippen LogP contribution in [0.15, 0.2) is 162 Å². The van der Waals surface area contributed by atoms with E-state index in [1.165, 1.54) is 12.2 Å². The zero-order valence-electron chi connectivity index (χ0n) is 29.7. The maximum atomic E-state index is 12.3. The molecule has 0 fully saturated rings. The van der Waals surface area contributed by atoms with Crippen LogP contribution in [0.2, 0.25) is 0 Å². The van der Waals surface area contributed by atoms with Gasteiger partial charge in [-0.1, -0.05) is 42.5 Å². The van der Waals surface area contributed by atoms with Crippen molar-refractivity contribution in [2.45, 2.75) is 18.7 Å². The number of nitrogens with zero attached hydrogens (tertiary/aromatic N) is 7. The maximum Gasteiger partial charge on any atom is 0.339 e. The molecule has 0 bridgehead atoms. The first-order valence-electron chi connectivity index (χ1n) is 16.6. The average Bonchev–Trinajstić information content (AvgIpc) is 3.17. The van der Waals surface area contributed by atoms with Gasteiger partial charge in [0.2, 0.25) is 0 Å². The largest absolute Gasteiger partial charge is 0.478 e. The second-order valence-electron chi connectivity index (χ2n) is 12.2. The Hall–Kier alpha value is -7.50. The fourth-order valence-corrected chi connectivity index (χ4v) is 5.86. The molecule has 0 aliphatic heterocycles. The van der Waals surface area contributed by atoms with Crippen LogP contribution < -0.4 is 16.9 Å². The summed E-state index contributed by atoms with van der Waals surface area (Å²) >= 11 is 0. The second kappa shape index (κ2) is 16.3. The Kier molecular flexibility index (Phi) is 11.1. The van der Waals surface area contributed by atoms with Gasteiger partial charge in [-0.3, -0.25) is 14.8 Å². The quantitative estimate of drug-likeness (QED) is 0.0214. The molecule has 0 spiro atoms. The van der Waals surface area contributed by atoms with Gasteiger partial charge in [0, 0.05) is 0 Å². The van der Waals surface area contributed by atoms with Crippen molar-refractivity contribution in [1.82, 2.24) is 0 Å². The summed E-state index contributed by atoms with van der Waals surface area (Å²) in [6.45, 7) is 3.73. The lowest BCUT2D eigenvalue weighted by atomic mass is 10.0. The molecule has 0 aromatic heterocycles. The third-order valence-corrected chi connectivity index (χ3v) is 9.18. The lowest BCUT2D eigenvalue weighted by Gasteiger charge is -2.10. The van der Waals surface area contributed by atoms with Gasteiger partial charge in [0.25, 0.3) is 10.1 Å². The second-order valence-corrected chi connectivity index (χ2v) is 13.6. The summed E-state index contributed by atoms with van der Waals surface area (Å²) in [5.74, 6) is -1.93. The fraction of sp³-hybridized carbons (Fsp3) is 0.0513. The van der Waals surface area contributed by atoms with E-state index in [-0.39, 0.29) is 28.3 Å². The monoisotopic (exact) mass is 768 g/mol. The summed E-state index contributed by atoms with van der Waals surface area (Å²) < 4.78 is 34.5. The number of nitrogen functional groups attached to an aromatic ring is 2. The zero-order chi connectivity index (χ0) is 40.0. The lowest BCUT2D eigenvalue weighted by Crippen LogP contribution is -2.15. The van der Waals surface area contributed by atoms with Crippen LogP contribution in [0.1, 0.15) is 11.1 Å². The summed E-state index contributed by atoms with van der Waals surface area (Å²) in [5.41, 5.74) is 20.4. The van der Waals surface area contributed by atoms with Crippen LogP contribution in [0.4, 0.5) is 51.2 Å². The molecule has 280 valence electrons. The third kappa shape index (κ3) is 8.99. The van der Waals surface area contributed by atoms with Gasteiger partial charge < -0.3 is 16.6 Å². The van der Waals surface area contributed by atoms with Crippen molar-refractivity contribution in [3.8, 4) is 11.1 Å². The summed E-state index contributed by atoms with van der Waals surface area (Å²) in [7, 11) is -4.82. The number of carboxylic acid groups (broad SMARTS) is 1. The van der Waals surface area contributed by atoms with E-state index in [0.29, 0.717) is 28.3 Å². The van der Waals surface area contributed by atoms with Crippen LogP contribution in [-0.2, 0) is 19.7 Å². The molecule has 0 atom stereocenters. The minimum atomic E-state index is -4.82. The molecule has 0 unspecified atom stereocenters. The van der Waals surface area contributed by atoms with E-state index < -0.39 is 32.5 Å². The predicted octanol–water partition coefficient (Wildman–Crippen LogP) is 9.55. The molecular formula is C39H32N10O6S. The van der Waals surface area contributed by atoms with Gasteiger partial charge in [0.15, 0.2) is 5.78 Å². The molecule has 6 rings (SSSR count). The van der Waals surface area contributed by atoms with Crippen LogP contribution in [0.3, 0.4) is 0 Å². The zero-order valence-corrected chi connectivity index (χ0v) is 30.5. The first kappa shape index (κ1) is 38.2. The number of hydrogen-bond acceptors (Lipinski definition) is 14. The molecule has 16 nitrogen and oxygen atoms in total. The van der Waals surface area contributed by atoms with E-state index >= 15 is 0 Å². The highest BCUT2D eigenvalue weighted by molar-refractivity contribution is 7.86. The predicted molar refractivity (Wildman–Crippen MR) is 213 cm³/mol. The molecule has 1 aliphatic rings. The molecule has 0 saturated carbocycles. The number of hydrazone groups is 1. The molecular weight excluding hydrogens is 737 g/mol. The third-order valence-electron chi connectivity index (χ3n) is 8.29. The lowest BCUT2D eigenvalue weighted by molar-refractivity contribution is -0.134. The molecule has 0 heterocycles. The Morgan fingerprint density at radius 1 is 0.679 bits per heavy atom. The highest BCUT2D eigenvalue weighted by atomic mass is 32.2. The van der Waals surface area contributed by atoms with E-state index in [2.05, 4.69) is 41.2 Å². The van der Waals surface area contributed by atoms with Crippen LogP contribution in [0, 0.1) is 13.8 Å².